The fraction of sp³-hybridized carbons (Fsp3) is 1.00. The van der Waals surface area contributed by atoms with Crippen molar-refractivity contribution in [3.63, 3.8) is 0 Å². The van der Waals surface area contributed by atoms with Crippen molar-refractivity contribution >= 4 is 7.12 Å². The third-order valence-electron chi connectivity index (χ3n) is 2.64. The maximum Gasteiger partial charge on any atom is 0.457 e. The number of hydrogen-bond donors (Lipinski definition) is 0. The third-order valence-corrected chi connectivity index (χ3v) is 2.64. The van der Waals surface area contributed by atoms with Crippen LogP contribution in [0.15, 0.2) is 0 Å². The second-order valence-corrected chi connectivity index (χ2v) is 4.09. The summed E-state index contributed by atoms with van der Waals surface area (Å²) in [6.07, 6.45) is 0.923. The molecule has 0 radical (unpaired) electrons. The Labute approximate surface area is 69.4 Å². The largest absolute Gasteiger partial charge is 0.457 e. The topological polar surface area (TPSA) is 18.5 Å². The maximum atomic E-state index is 5.69. The monoisotopic (exact) mass is 156 g/mol. The van der Waals surface area contributed by atoms with Crippen LogP contribution in [0.3, 0.4) is 0 Å². The molecule has 0 amide bonds. The smallest absolute Gasteiger partial charge is 0.403 e. The predicted molar refractivity (Wildman–Crippen MR) is 46.6 cm³/mol. The van der Waals surface area contributed by atoms with E-state index in [1.54, 1.807) is 0 Å². The van der Waals surface area contributed by atoms with E-state index in [0.29, 0.717) is 0 Å². The molecule has 64 valence electrons. The molecule has 0 unspecified atom stereocenters. The van der Waals surface area contributed by atoms with Crippen LogP contribution in [0.1, 0.15) is 34.6 Å². The highest BCUT2D eigenvalue weighted by atomic mass is 16.7. The maximum absolute atomic E-state index is 5.69. The van der Waals surface area contributed by atoms with Crippen molar-refractivity contribution in [1.82, 2.24) is 0 Å². The molecular weight excluding hydrogens is 139 g/mol. The van der Waals surface area contributed by atoms with E-state index in [0.717, 1.165) is 6.32 Å². The first kappa shape index (κ1) is 9.08. The fourth-order valence-electron chi connectivity index (χ4n) is 1.13. The van der Waals surface area contributed by atoms with Crippen LogP contribution in [0.25, 0.3) is 0 Å². The number of hydrogen-bond acceptors (Lipinski definition) is 2. The van der Waals surface area contributed by atoms with E-state index < -0.39 is 0 Å². The molecule has 1 rings (SSSR count). The molecule has 0 aromatic heterocycles. The first-order valence-corrected chi connectivity index (χ1v) is 4.25. The Balaban J connectivity index is 2.72. The summed E-state index contributed by atoms with van der Waals surface area (Å²) in [5.74, 6) is 0. The van der Waals surface area contributed by atoms with E-state index in [-0.39, 0.29) is 18.3 Å². The molecule has 2 nitrogen and oxygen atoms in total. The van der Waals surface area contributed by atoms with Crippen LogP contribution >= 0.6 is 0 Å². The SMILES string of the molecule is CCB1OC(C)(C)C(C)(C)O1. The second-order valence-electron chi connectivity index (χ2n) is 4.09. The van der Waals surface area contributed by atoms with E-state index >= 15 is 0 Å². The summed E-state index contributed by atoms with van der Waals surface area (Å²) in [5, 5.41) is 0. The van der Waals surface area contributed by atoms with Gasteiger partial charge in [0.25, 0.3) is 0 Å². The Morgan fingerprint density at radius 1 is 1.00 bits per heavy atom. The third kappa shape index (κ3) is 1.45. The minimum absolute atomic E-state index is 0.0139. The van der Waals surface area contributed by atoms with Gasteiger partial charge in [0.05, 0.1) is 11.2 Å². The van der Waals surface area contributed by atoms with Crippen LogP contribution in [-0.4, -0.2) is 18.3 Å². The van der Waals surface area contributed by atoms with Crippen molar-refractivity contribution in [2.24, 2.45) is 0 Å². The quantitative estimate of drug-likeness (QED) is 0.541. The van der Waals surface area contributed by atoms with E-state index in [1.165, 1.54) is 0 Å². The summed E-state index contributed by atoms with van der Waals surface area (Å²) in [5.41, 5.74) is -0.318. The van der Waals surface area contributed by atoms with Crippen LogP contribution in [0.5, 0.6) is 0 Å². The molecule has 0 aromatic carbocycles. The zero-order valence-corrected chi connectivity index (χ0v) is 8.10. The van der Waals surface area contributed by atoms with Gasteiger partial charge in [-0.15, -0.1) is 0 Å². The molecule has 11 heavy (non-hydrogen) atoms. The molecule has 3 heteroatoms. The lowest BCUT2D eigenvalue weighted by molar-refractivity contribution is 0.00578. The highest BCUT2D eigenvalue weighted by molar-refractivity contribution is 6.45. The van der Waals surface area contributed by atoms with Gasteiger partial charge in [0.1, 0.15) is 0 Å². The molecule has 1 aliphatic heterocycles. The van der Waals surface area contributed by atoms with Gasteiger partial charge in [-0.25, -0.2) is 0 Å². The molecule has 0 aliphatic carbocycles. The molecule has 0 spiro atoms. The zero-order valence-electron chi connectivity index (χ0n) is 8.10. The molecular formula is C8H17BO2. The van der Waals surface area contributed by atoms with Crippen molar-refractivity contribution in [1.29, 1.82) is 0 Å². The highest BCUT2D eigenvalue weighted by Crippen LogP contribution is 2.37. The summed E-state index contributed by atoms with van der Waals surface area (Å²) >= 11 is 0. The minimum atomic E-state index is -0.159. The summed E-state index contributed by atoms with van der Waals surface area (Å²) in [6.45, 7) is 10.4. The highest BCUT2D eigenvalue weighted by Gasteiger charge is 2.49. The van der Waals surface area contributed by atoms with Gasteiger partial charge in [-0.05, 0) is 34.0 Å². The van der Waals surface area contributed by atoms with E-state index in [1.807, 2.05) is 0 Å². The fourth-order valence-corrected chi connectivity index (χ4v) is 1.13. The molecule has 0 saturated carbocycles. The molecule has 0 atom stereocenters. The Morgan fingerprint density at radius 2 is 1.36 bits per heavy atom. The first-order valence-electron chi connectivity index (χ1n) is 4.25. The second kappa shape index (κ2) is 2.49. The summed E-state index contributed by atoms with van der Waals surface area (Å²) in [4.78, 5) is 0. The van der Waals surface area contributed by atoms with Gasteiger partial charge in [0, 0.05) is 0 Å². The van der Waals surface area contributed by atoms with Crippen molar-refractivity contribution in [2.45, 2.75) is 52.1 Å². The van der Waals surface area contributed by atoms with Gasteiger partial charge >= 0.3 is 7.12 Å². The molecule has 0 bridgehead atoms. The van der Waals surface area contributed by atoms with E-state index in [2.05, 4.69) is 34.6 Å². The van der Waals surface area contributed by atoms with Gasteiger partial charge < -0.3 is 9.31 Å². The van der Waals surface area contributed by atoms with Crippen LogP contribution in [0.4, 0.5) is 0 Å². The van der Waals surface area contributed by atoms with Crippen molar-refractivity contribution in [3.05, 3.63) is 0 Å². The molecule has 1 fully saturated rings. The van der Waals surface area contributed by atoms with Crippen LogP contribution in [-0.2, 0) is 9.31 Å². The Kier molecular flexibility index (Phi) is 2.06. The molecule has 1 aliphatic rings. The van der Waals surface area contributed by atoms with Gasteiger partial charge in [0.2, 0.25) is 0 Å². The van der Waals surface area contributed by atoms with Crippen molar-refractivity contribution in [3.8, 4) is 0 Å². The Hall–Kier alpha value is -0.0151. The van der Waals surface area contributed by atoms with Gasteiger partial charge in [-0.1, -0.05) is 6.92 Å². The lowest BCUT2D eigenvalue weighted by atomic mass is 9.87. The lowest BCUT2D eigenvalue weighted by Crippen LogP contribution is -2.41. The molecule has 0 N–H and O–H groups in total. The minimum Gasteiger partial charge on any atom is -0.403 e. The normalized spacial score (nSPS) is 27.5. The zero-order chi connectivity index (χ0) is 8.70. The number of rotatable bonds is 1. The molecule has 1 saturated heterocycles. The first-order chi connectivity index (χ1) is 4.89. The van der Waals surface area contributed by atoms with Gasteiger partial charge in [0.15, 0.2) is 0 Å². The Morgan fingerprint density at radius 3 is 1.55 bits per heavy atom. The van der Waals surface area contributed by atoms with Crippen LogP contribution in [0.2, 0.25) is 6.32 Å². The van der Waals surface area contributed by atoms with Crippen molar-refractivity contribution in [2.75, 3.05) is 0 Å². The van der Waals surface area contributed by atoms with Crippen LogP contribution < -0.4 is 0 Å². The van der Waals surface area contributed by atoms with E-state index in [9.17, 15) is 0 Å². The van der Waals surface area contributed by atoms with Gasteiger partial charge in [-0.3, -0.25) is 0 Å². The van der Waals surface area contributed by atoms with E-state index in [4.69, 9.17) is 9.31 Å². The standard InChI is InChI=1S/C8H17BO2/c1-6-9-10-7(2,3)8(4,5)11-9/h6H2,1-5H3. The molecule has 0 aromatic rings. The predicted octanol–water partition coefficient (Wildman–Crippen LogP) is 2.10. The van der Waals surface area contributed by atoms with Crippen molar-refractivity contribution < 1.29 is 9.31 Å². The summed E-state index contributed by atoms with van der Waals surface area (Å²) < 4.78 is 11.4. The average molecular weight is 156 g/mol. The lowest BCUT2D eigenvalue weighted by Gasteiger charge is -2.32. The summed E-state index contributed by atoms with van der Waals surface area (Å²) in [6, 6.07) is 0. The molecule has 1 heterocycles. The average Bonchev–Trinajstić information content (AvgIpc) is 2.03. The summed E-state index contributed by atoms with van der Waals surface area (Å²) in [7, 11) is -0.0139. The Bertz CT molecular complexity index is 138. The van der Waals surface area contributed by atoms with Crippen LogP contribution in [0, 0.1) is 0 Å². The van der Waals surface area contributed by atoms with Gasteiger partial charge in [-0.2, -0.15) is 0 Å².